The summed E-state index contributed by atoms with van der Waals surface area (Å²) in [5.41, 5.74) is 3.73. The summed E-state index contributed by atoms with van der Waals surface area (Å²) in [7, 11) is 0. The number of aryl methyl sites for hydroxylation is 2. The highest BCUT2D eigenvalue weighted by atomic mass is 79.9. The number of pyridine rings is 1. The van der Waals surface area contributed by atoms with Crippen molar-refractivity contribution >= 4 is 32.7 Å². The van der Waals surface area contributed by atoms with Gasteiger partial charge in [0.05, 0.1) is 5.52 Å². The number of nitrogens with zero attached hydrogens (tertiary/aromatic N) is 1. The predicted molar refractivity (Wildman–Crippen MR) is 112 cm³/mol. The van der Waals surface area contributed by atoms with Crippen molar-refractivity contribution in [1.82, 2.24) is 14.9 Å². The molecule has 0 aliphatic carbocycles. The zero-order chi connectivity index (χ0) is 19.7. The smallest absolute Gasteiger partial charge is 0.253 e. The third kappa shape index (κ3) is 3.86. The Hall–Kier alpha value is -2.34. The van der Waals surface area contributed by atoms with Crippen molar-refractivity contribution < 1.29 is 4.79 Å². The molecular formula is C21H24BrN3O2. The maximum Gasteiger partial charge on any atom is 0.253 e. The molecule has 2 N–H and O–H groups in total. The zero-order valence-electron chi connectivity index (χ0n) is 16.0. The lowest BCUT2D eigenvalue weighted by molar-refractivity contribution is 0.0952. The molecule has 3 rings (SSSR count). The number of aromatic amines is 1. The molecule has 0 fully saturated rings. The number of benzene rings is 1. The largest absolute Gasteiger partial charge is 0.348 e. The van der Waals surface area contributed by atoms with Crippen LogP contribution in [-0.4, -0.2) is 15.5 Å². The second kappa shape index (κ2) is 7.72. The van der Waals surface area contributed by atoms with Crippen molar-refractivity contribution in [3.05, 3.63) is 67.7 Å². The first kappa shape index (κ1) is 19.4. The third-order valence-electron chi connectivity index (χ3n) is 5.03. The first-order chi connectivity index (χ1) is 12.8. The second-order valence-corrected chi connectivity index (χ2v) is 7.91. The van der Waals surface area contributed by atoms with Gasteiger partial charge in [-0.15, -0.1) is 0 Å². The predicted octanol–water partition coefficient (Wildman–Crippen LogP) is 4.61. The van der Waals surface area contributed by atoms with Crippen LogP contribution in [0.5, 0.6) is 0 Å². The van der Waals surface area contributed by atoms with Gasteiger partial charge in [-0.2, -0.15) is 0 Å². The number of aromatic nitrogens is 2. The number of hydrogen-bond acceptors (Lipinski definition) is 2. The van der Waals surface area contributed by atoms with Crippen LogP contribution in [0.3, 0.4) is 0 Å². The highest BCUT2D eigenvalue weighted by Crippen LogP contribution is 2.28. The Balaban J connectivity index is 1.93. The SMILES string of the molecule is CCC(C)n1ccc2c(C(=O)NCc3c(C)cc(C)[nH]c3=O)cc(Br)cc21. The van der Waals surface area contributed by atoms with E-state index in [0.29, 0.717) is 17.2 Å². The van der Waals surface area contributed by atoms with Gasteiger partial charge >= 0.3 is 0 Å². The van der Waals surface area contributed by atoms with Gasteiger partial charge in [0.2, 0.25) is 0 Å². The van der Waals surface area contributed by atoms with Crippen molar-refractivity contribution in [3.63, 3.8) is 0 Å². The molecule has 142 valence electrons. The molecule has 2 aromatic heterocycles. The van der Waals surface area contributed by atoms with Gasteiger partial charge < -0.3 is 14.9 Å². The highest BCUT2D eigenvalue weighted by molar-refractivity contribution is 9.10. The van der Waals surface area contributed by atoms with Crippen LogP contribution in [0.4, 0.5) is 0 Å². The fourth-order valence-corrected chi connectivity index (χ4v) is 3.81. The van der Waals surface area contributed by atoms with Crippen LogP contribution in [0.15, 0.2) is 39.7 Å². The summed E-state index contributed by atoms with van der Waals surface area (Å²) in [6.07, 6.45) is 3.03. The van der Waals surface area contributed by atoms with Crippen LogP contribution < -0.4 is 10.9 Å². The lowest BCUT2D eigenvalue weighted by Gasteiger charge is -2.14. The minimum atomic E-state index is -0.192. The molecule has 0 aliphatic rings. The van der Waals surface area contributed by atoms with Gasteiger partial charge in [0.15, 0.2) is 0 Å². The maximum absolute atomic E-state index is 12.9. The summed E-state index contributed by atoms with van der Waals surface area (Å²) in [5.74, 6) is -0.192. The molecule has 0 radical (unpaired) electrons. The fraction of sp³-hybridized carbons (Fsp3) is 0.333. The Bertz CT molecular complexity index is 1070. The first-order valence-electron chi connectivity index (χ1n) is 9.09. The van der Waals surface area contributed by atoms with Crippen molar-refractivity contribution in [3.8, 4) is 0 Å². The molecule has 0 spiro atoms. The first-order valence-corrected chi connectivity index (χ1v) is 9.88. The molecule has 1 aromatic carbocycles. The van der Waals surface area contributed by atoms with Gasteiger partial charge in [-0.3, -0.25) is 9.59 Å². The van der Waals surface area contributed by atoms with E-state index in [1.165, 1.54) is 0 Å². The third-order valence-corrected chi connectivity index (χ3v) is 5.49. The number of H-pyrrole nitrogens is 1. The molecule has 2 heterocycles. The number of carbonyl (C=O) groups is 1. The van der Waals surface area contributed by atoms with Gasteiger partial charge in [-0.1, -0.05) is 22.9 Å². The van der Waals surface area contributed by atoms with E-state index in [9.17, 15) is 9.59 Å². The summed E-state index contributed by atoms with van der Waals surface area (Å²) in [6.45, 7) is 8.22. The van der Waals surface area contributed by atoms with E-state index >= 15 is 0 Å². The van der Waals surface area contributed by atoms with Crippen LogP contribution in [0, 0.1) is 13.8 Å². The van der Waals surface area contributed by atoms with Gasteiger partial charge in [-0.25, -0.2) is 0 Å². The Labute approximate surface area is 166 Å². The topological polar surface area (TPSA) is 66.9 Å². The molecule has 5 nitrogen and oxygen atoms in total. The lowest BCUT2D eigenvalue weighted by Crippen LogP contribution is -2.28. The van der Waals surface area contributed by atoms with Crippen LogP contribution >= 0.6 is 15.9 Å². The maximum atomic E-state index is 12.9. The van der Waals surface area contributed by atoms with Crippen molar-refractivity contribution in [1.29, 1.82) is 0 Å². The van der Waals surface area contributed by atoms with Crippen LogP contribution in [0.2, 0.25) is 0 Å². The van der Waals surface area contributed by atoms with Gasteiger partial charge in [0.1, 0.15) is 0 Å². The van der Waals surface area contributed by atoms with Gasteiger partial charge in [0.25, 0.3) is 11.5 Å². The van der Waals surface area contributed by atoms with Crippen LogP contribution in [0.25, 0.3) is 10.9 Å². The van der Waals surface area contributed by atoms with E-state index in [1.54, 1.807) is 0 Å². The average molecular weight is 430 g/mol. The Kier molecular flexibility index (Phi) is 5.56. The molecule has 0 saturated heterocycles. The summed E-state index contributed by atoms with van der Waals surface area (Å²) >= 11 is 3.52. The number of rotatable bonds is 5. The summed E-state index contributed by atoms with van der Waals surface area (Å²) < 4.78 is 3.04. The van der Waals surface area contributed by atoms with E-state index in [1.807, 2.05) is 44.3 Å². The standard InChI is InChI=1S/C21H24BrN3O2/c1-5-14(4)25-7-6-16-17(9-15(22)10-19(16)25)20(26)23-11-18-12(2)8-13(3)24-21(18)27/h6-10,14H,5,11H2,1-4H3,(H,23,26)(H,24,27). The molecule has 0 bridgehead atoms. The molecule has 6 heteroatoms. The lowest BCUT2D eigenvalue weighted by atomic mass is 10.1. The summed E-state index contributed by atoms with van der Waals surface area (Å²) in [5, 5.41) is 3.81. The second-order valence-electron chi connectivity index (χ2n) is 6.99. The monoisotopic (exact) mass is 429 g/mol. The van der Waals surface area contributed by atoms with E-state index in [0.717, 1.165) is 33.1 Å². The zero-order valence-corrected chi connectivity index (χ0v) is 17.6. The quantitative estimate of drug-likeness (QED) is 0.621. The van der Waals surface area contributed by atoms with E-state index in [-0.39, 0.29) is 18.0 Å². The van der Waals surface area contributed by atoms with Crippen LogP contribution in [-0.2, 0) is 6.54 Å². The van der Waals surface area contributed by atoms with Gasteiger partial charge in [0, 0.05) is 45.5 Å². The average Bonchev–Trinajstić information content (AvgIpc) is 3.02. The number of nitrogens with one attached hydrogen (secondary N) is 2. The fourth-order valence-electron chi connectivity index (χ4n) is 3.36. The summed E-state index contributed by atoms with van der Waals surface area (Å²) in [6, 6.07) is 8.10. The van der Waals surface area contributed by atoms with Gasteiger partial charge in [-0.05, 0) is 57.0 Å². The van der Waals surface area contributed by atoms with E-state index < -0.39 is 0 Å². The summed E-state index contributed by atoms with van der Waals surface area (Å²) in [4.78, 5) is 27.8. The molecule has 0 aliphatic heterocycles. The normalized spacial score (nSPS) is 12.3. The Morgan fingerprint density at radius 3 is 2.70 bits per heavy atom. The van der Waals surface area contributed by atoms with E-state index in [2.05, 4.69) is 44.6 Å². The molecule has 27 heavy (non-hydrogen) atoms. The number of halogens is 1. The van der Waals surface area contributed by atoms with E-state index in [4.69, 9.17) is 0 Å². The molecule has 3 aromatic rings. The number of carbonyl (C=O) groups excluding carboxylic acids is 1. The number of amides is 1. The Morgan fingerprint density at radius 2 is 2.04 bits per heavy atom. The molecule has 0 saturated carbocycles. The Morgan fingerprint density at radius 1 is 1.30 bits per heavy atom. The van der Waals surface area contributed by atoms with Crippen molar-refractivity contribution in [2.24, 2.45) is 0 Å². The number of fused-ring (bicyclic) bond motifs is 1. The molecule has 1 amide bonds. The number of hydrogen-bond donors (Lipinski definition) is 2. The van der Waals surface area contributed by atoms with Crippen molar-refractivity contribution in [2.45, 2.75) is 46.7 Å². The highest BCUT2D eigenvalue weighted by Gasteiger charge is 2.16. The molecular weight excluding hydrogens is 406 g/mol. The van der Waals surface area contributed by atoms with Crippen molar-refractivity contribution in [2.75, 3.05) is 0 Å². The molecule has 1 atom stereocenters. The minimum absolute atomic E-state index is 0.157. The molecule has 1 unspecified atom stereocenters. The van der Waals surface area contributed by atoms with Crippen LogP contribution in [0.1, 0.15) is 53.5 Å². The minimum Gasteiger partial charge on any atom is -0.348 e.